The van der Waals surface area contributed by atoms with Gasteiger partial charge in [-0.05, 0) is 48.6 Å². The van der Waals surface area contributed by atoms with Crippen molar-refractivity contribution in [2.45, 2.75) is 18.9 Å². The Hall–Kier alpha value is -2.27. The quantitative estimate of drug-likeness (QED) is 0.881. The van der Waals surface area contributed by atoms with E-state index in [1.165, 1.54) is 6.20 Å². The van der Waals surface area contributed by atoms with Gasteiger partial charge in [-0.2, -0.15) is 0 Å². The maximum atomic E-state index is 12.4. The first-order valence-electron chi connectivity index (χ1n) is 7.33. The maximum absolute atomic E-state index is 12.4. The fourth-order valence-electron chi connectivity index (χ4n) is 2.47. The molecule has 1 atom stereocenters. The van der Waals surface area contributed by atoms with E-state index < -0.39 is 0 Å². The number of aromatic nitrogens is 1. The number of nitrogen functional groups attached to an aromatic ring is 1. The fraction of sp³-hybridized carbons (Fsp3) is 0.294. The lowest BCUT2D eigenvalue weighted by Crippen LogP contribution is -2.30. The number of nitrogens with two attached hydrogens (primary N) is 1. The van der Waals surface area contributed by atoms with Gasteiger partial charge in [0, 0.05) is 0 Å². The number of rotatable bonds is 5. The van der Waals surface area contributed by atoms with Crippen molar-refractivity contribution >= 4 is 24.0 Å². The van der Waals surface area contributed by atoms with Crippen LogP contribution in [0.15, 0.2) is 42.6 Å². The second kappa shape index (κ2) is 7.33. The first-order valence-corrected chi connectivity index (χ1v) is 7.33. The Balaban J connectivity index is 0.00000192. The first-order chi connectivity index (χ1) is 10.7. The number of benzene rings is 1. The summed E-state index contributed by atoms with van der Waals surface area (Å²) in [5.41, 5.74) is 7.62. The molecule has 0 radical (unpaired) electrons. The minimum Gasteiger partial charge on any atom is -0.497 e. The Kier molecular flexibility index (Phi) is 5.45. The SMILES string of the molecule is COc1ccc(C(NC(=O)c2ccc(N)cn2)C2CC2)cc1.Cl. The second-order valence-electron chi connectivity index (χ2n) is 5.54. The molecule has 122 valence electrons. The minimum atomic E-state index is -0.173. The van der Waals surface area contributed by atoms with Gasteiger partial charge in [0.1, 0.15) is 11.4 Å². The Labute approximate surface area is 141 Å². The monoisotopic (exact) mass is 333 g/mol. The number of carbonyl (C=O) groups is 1. The molecule has 1 unspecified atom stereocenters. The number of ether oxygens (including phenoxy) is 1. The van der Waals surface area contributed by atoms with E-state index in [1.54, 1.807) is 19.2 Å². The van der Waals surface area contributed by atoms with Crippen molar-refractivity contribution in [3.05, 3.63) is 53.9 Å². The third-order valence-corrected chi connectivity index (χ3v) is 3.87. The lowest BCUT2D eigenvalue weighted by molar-refractivity contribution is 0.0926. The van der Waals surface area contributed by atoms with Gasteiger partial charge in [-0.15, -0.1) is 12.4 Å². The van der Waals surface area contributed by atoms with Crippen LogP contribution in [0.3, 0.4) is 0 Å². The van der Waals surface area contributed by atoms with E-state index in [9.17, 15) is 4.79 Å². The predicted molar refractivity (Wildman–Crippen MR) is 91.8 cm³/mol. The van der Waals surface area contributed by atoms with E-state index in [4.69, 9.17) is 10.5 Å². The summed E-state index contributed by atoms with van der Waals surface area (Å²) in [7, 11) is 1.64. The number of nitrogens with zero attached hydrogens (tertiary/aromatic N) is 1. The number of hydrogen-bond acceptors (Lipinski definition) is 4. The fourth-order valence-corrected chi connectivity index (χ4v) is 2.47. The number of amides is 1. The highest BCUT2D eigenvalue weighted by molar-refractivity contribution is 5.92. The van der Waals surface area contributed by atoms with E-state index in [2.05, 4.69) is 10.3 Å². The number of halogens is 1. The molecule has 1 amide bonds. The summed E-state index contributed by atoms with van der Waals surface area (Å²) in [6.07, 6.45) is 3.76. The number of methoxy groups -OCH3 is 1. The van der Waals surface area contributed by atoms with E-state index >= 15 is 0 Å². The van der Waals surface area contributed by atoms with E-state index in [-0.39, 0.29) is 24.4 Å². The third-order valence-electron chi connectivity index (χ3n) is 3.87. The summed E-state index contributed by atoms with van der Waals surface area (Å²) in [4.78, 5) is 16.4. The van der Waals surface area contributed by atoms with Crippen LogP contribution >= 0.6 is 12.4 Å². The van der Waals surface area contributed by atoms with E-state index in [0.29, 0.717) is 17.3 Å². The van der Waals surface area contributed by atoms with Gasteiger partial charge in [0.25, 0.3) is 5.91 Å². The van der Waals surface area contributed by atoms with Crippen molar-refractivity contribution < 1.29 is 9.53 Å². The normalized spacial score (nSPS) is 14.5. The summed E-state index contributed by atoms with van der Waals surface area (Å²) in [6.45, 7) is 0. The standard InChI is InChI=1S/C17H19N3O2.ClH/c1-22-14-7-4-12(5-8-14)16(11-2-3-11)20-17(21)15-9-6-13(18)10-19-15;/h4-11,16H,2-3,18H2,1H3,(H,20,21);1H. The van der Waals surface area contributed by atoms with Crippen LogP contribution in [0.4, 0.5) is 5.69 Å². The molecule has 1 aliphatic carbocycles. The van der Waals surface area contributed by atoms with Crippen LogP contribution in [-0.2, 0) is 0 Å². The Morgan fingerprint density at radius 3 is 2.48 bits per heavy atom. The molecule has 23 heavy (non-hydrogen) atoms. The molecule has 0 bridgehead atoms. The first kappa shape index (κ1) is 17.1. The van der Waals surface area contributed by atoms with Crippen LogP contribution in [0, 0.1) is 5.92 Å². The van der Waals surface area contributed by atoms with Crippen LogP contribution in [-0.4, -0.2) is 18.0 Å². The van der Waals surface area contributed by atoms with Crippen LogP contribution in [0.5, 0.6) is 5.75 Å². The van der Waals surface area contributed by atoms with Crippen LogP contribution in [0.25, 0.3) is 0 Å². The van der Waals surface area contributed by atoms with Gasteiger partial charge in [0.05, 0.1) is 25.0 Å². The second-order valence-corrected chi connectivity index (χ2v) is 5.54. The van der Waals surface area contributed by atoms with E-state index in [1.807, 2.05) is 24.3 Å². The molecule has 0 aliphatic heterocycles. The van der Waals surface area contributed by atoms with Crippen LogP contribution in [0.1, 0.15) is 34.9 Å². The van der Waals surface area contributed by atoms with Gasteiger partial charge in [0.2, 0.25) is 0 Å². The lowest BCUT2D eigenvalue weighted by Gasteiger charge is -2.19. The molecule has 1 saturated carbocycles. The summed E-state index contributed by atoms with van der Waals surface area (Å²) in [5, 5.41) is 3.09. The zero-order valence-corrected chi connectivity index (χ0v) is 13.7. The molecule has 3 rings (SSSR count). The van der Waals surface area contributed by atoms with Crippen molar-refractivity contribution in [3.63, 3.8) is 0 Å². The summed E-state index contributed by atoms with van der Waals surface area (Å²) < 4.78 is 5.18. The lowest BCUT2D eigenvalue weighted by atomic mass is 10.0. The van der Waals surface area contributed by atoms with Crippen LogP contribution < -0.4 is 15.8 Å². The number of hydrogen-bond donors (Lipinski definition) is 2. The van der Waals surface area contributed by atoms with Crippen molar-refractivity contribution in [1.82, 2.24) is 10.3 Å². The molecule has 1 aromatic heterocycles. The van der Waals surface area contributed by atoms with Gasteiger partial charge < -0.3 is 15.8 Å². The molecule has 0 spiro atoms. The molecular formula is C17H20ClN3O2. The van der Waals surface area contributed by atoms with Gasteiger partial charge in [-0.1, -0.05) is 12.1 Å². The number of anilines is 1. The number of pyridine rings is 1. The van der Waals surface area contributed by atoms with Crippen molar-refractivity contribution in [2.24, 2.45) is 5.92 Å². The van der Waals surface area contributed by atoms with Crippen LogP contribution in [0.2, 0.25) is 0 Å². The van der Waals surface area contributed by atoms with Gasteiger partial charge in [0.15, 0.2) is 0 Å². The van der Waals surface area contributed by atoms with E-state index in [0.717, 1.165) is 24.2 Å². The largest absolute Gasteiger partial charge is 0.497 e. The molecular weight excluding hydrogens is 314 g/mol. The summed E-state index contributed by atoms with van der Waals surface area (Å²) >= 11 is 0. The number of carbonyl (C=O) groups excluding carboxylic acids is 1. The number of nitrogens with one attached hydrogen (secondary N) is 1. The topological polar surface area (TPSA) is 77.2 Å². The molecule has 3 N–H and O–H groups in total. The highest BCUT2D eigenvalue weighted by Crippen LogP contribution is 2.41. The molecule has 2 aromatic rings. The average Bonchev–Trinajstić information content (AvgIpc) is 3.38. The van der Waals surface area contributed by atoms with Gasteiger partial charge >= 0.3 is 0 Å². The molecule has 5 nitrogen and oxygen atoms in total. The maximum Gasteiger partial charge on any atom is 0.270 e. The molecule has 1 aromatic carbocycles. The zero-order chi connectivity index (χ0) is 15.5. The zero-order valence-electron chi connectivity index (χ0n) is 12.9. The summed E-state index contributed by atoms with van der Waals surface area (Å²) in [6, 6.07) is 11.2. The average molecular weight is 334 g/mol. The highest BCUT2D eigenvalue weighted by Gasteiger charge is 2.33. The summed E-state index contributed by atoms with van der Waals surface area (Å²) in [5.74, 6) is 1.13. The van der Waals surface area contributed by atoms with Crippen molar-refractivity contribution in [2.75, 3.05) is 12.8 Å². The smallest absolute Gasteiger partial charge is 0.270 e. The predicted octanol–water partition coefficient (Wildman–Crippen LogP) is 2.98. The Bertz CT molecular complexity index is 655. The van der Waals surface area contributed by atoms with Crippen molar-refractivity contribution in [1.29, 1.82) is 0 Å². The van der Waals surface area contributed by atoms with Gasteiger partial charge in [-0.25, -0.2) is 4.98 Å². The minimum absolute atomic E-state index is 0. The molecule has 1 fully saturated rings. The molecule has 0 saturated heterocycles. The molecule has 1 aliphatic rings. The highest BCUT2D eigenvalue weighted by atomic mass is 35.5. The Morgan fingerprint density at radius 2 is 1.96 bits per heavy atom. The molecule has 1 heterocycles. The van der Waals surface area contributed by atoms with Crippen molar-refractivity contribution in [3.8, 4) is 5.75 Å². The van der Waals surface area contributed by atoms with Gasteiger partial charge in [-0.3, -0.25) is 4.79 Å². The third kappa shape index (κ3) is 4.13. The molecule has 6 heteroatoms. The Morgan fingerprint density at radius 1 is 1.26 bits per heavy atom.